The van der Waals surface area contributed by atoms with Crippen LogP contribution >= 0.6 is 12.2 Å². The van der Waals surface area contributed by atoms with Crippen molar-refractivity contribution in [2.24, 2.45) is 0 Å². The zero-order valence-corrected chi connectivity index (χ0v) is 16.8. The molecule has 0 aliphatic carbocycles. The summed E-state index contributed by atoms with van der Waals surface area (Å²) in [6.07, 6.45) is 1.70. The molecule has 1 aliphatic rings. The Balaban J connectivity index is 2.86. The van der Waals surface area contributed by atoms with Crippen LogP contribution in [0.1, 0.15) is 40.0 Å². The first-order valence-electron chi connectivity index (χ1n) is 7.93. The molecule has 1 saturated heterocycles. The summed E-state index contributed by atoms with van der Waals surface area (Å²) in [4.78, 5) is 4.91. The van der Waals surface area contributed by atoms with Crippen LogP contribution in [-0.2, 0) is 29.3 Å². The Bertz CT molecular complexity index is 525. The lowest BCUT2D eigenvalue weighted by atomic mass is 10.5. The monoisotopic (exact) mass is 405 g/mol. The molecule has 0 aromatic rings. The molecule has 0 aromatic carbocycles. The fraction of sp³-hybridized carbons (Fsp3) is 1.00. The van der Waals surface area contributed by atoms with Crippen LogP contribution in [0.3, 0.4) is 0 Å². The molecular formula is C12H27N3O6S3. The first-order valence-corrected chi connectivity index (χ1v) is 11.8. The van der Waals surface area contributed by atoms with Crippen LogP contribution in [-0.4, -0.2) is 67.9 Å². The summed E-state index contributed by atoms with van der Waals surface area (Å²) in [6, 6.07) is 0. The van der Waals surface area contributed by atoms with Crippen molar-refractivity contribution in [3.8, 4) is 0 Å². The van der Waals surface area contributed by atoms with E-state index in [-0.39, 0.29) is 31.5 Å². The van der Waals surface area contributed by atoms with Gasteiger partial charge in [-0.1, -0.05) is 20.8 Å². The van der Waals surface area contributed by atoms with Crippen LogP contribution in [0.4, 0.5) is 0 Å². The number of nitrogens with zero attached hydrogens (tertiary/aromatic N) is 3. The number of hydrogen-bond acceptors (Lipinski definition) is 8. The predicted octanol–water partition coefficient (Wildman–Crippen LogP) is 1.18. The van der Waals surface area contributed by atoms with E-state index in [0.717, 1.165) is 27.3 Å². The third-order valence-electron chi connectivity index (χ3n) is 3.13. The second-order valence-electron chi connectivity index (χ2n) is 5.41. The van der Waals surface area contributed by atoms with Gasteiger partial charge in [-0.25, -0.2) is 21.7 Å². The number of rotatable bonds is 11. The summed E-state index contributed by atoms with van der Waals surface area (Å²) in [7, 11) is -7.07. The van der Waals surface area contributed by atoms with Gasteiger partial charge in [0.15, 0.2) is 0 Å². The molecule has 0 N–H and O–H groups in total. The largest absolute Gasteiger partial charge is 0.223 e. The molecule has 1 rings (SSSR count). The minimum Gasteiger partial charge on any atom is -0.223 e. The topological polar surface area (TPSA) is 96.5 Å². The summed E-state index contributed by atoms with van der Waals surface area (Å²) >= 11 is 0.812. The molecule has 12 heteroatoms. The van der Waals surface area contributed by atoms with E-state index in [4.69, 9.17) is 9.22 Å². The highest BCUT2D eigenvalue weighted by atomic mass is 32.2. The van der Waals surface area contributed by atoms with Crippen molar-refractivity contribution in [2.75, 3.05) is 38.1 Å². The molecule has 0 amide bonds. The highest BCUT2D eigenvalue weighted by molar-refractivity contribution is 7.92. The molecule has 0 spiro atoms. The third kappa shape index (κ3) is 6.75. The summed E-state index contributed by atoms with van der Waals surface area (Å²) in [5, 5.41) is 0. The van der Waals surface area contributed by atoms with Crippen molar-refractivity contribution >= 4 is 32.3 Å². The molecule has 24 heavy (non-hydrogen) atoms. The fourth-order valence-electron chi connectivity index (χ4n) is 2.02. The van der Waals surface area contributed by atoms with Gasteiger partial charge in [-0.3, -0.25) is 0 Å². The molecule has 0 radical (unpaired) electrons. The average molecular weight is 406 g/mol. The summed E-state index contributed by atoms with van der Waals surface area (Å²) in [5.74, 6) is -0.0548. The van der Waals surface area contributed by atoms with Crippen LogP contribution < -0.4 is 0 Å². The van der Waals surface area contributed by atoms with Crippen LogP contribution in [0.25, 0.3) is 0 Å². The molecule has 144 valence electrons. The van der Waals surface area contributed by atoms with Gasteiger partial charge in [0.2, 0.25) is 20.0 Å². The summed E-state index contributed by atoms with van der Waals surface area (Å²) in [6.45, 7) is 5.77. The van der Waals surface area contributed by atoms with Gasteiger partial charge in [0, 0.05) is 0 Å². The SMILES string of the molecule is CCCOOSN1CN(S(=O)(=O)CCC)CN(S(=O)(=O)CCC)C1. The van der Waals surface area contributed by atoms with E-state index < -0.39 is 20.0 Å². The molecule has 9 nitrogen and oxygen atoms in total. The van der Waals surface area contributed by atoms with Gasteiger partial charge >= 0.3 is 0 Å². The lowest BCUT2D eigenvalue weighted by molar-refractivity contribution is -0.194. The maximum Gasteiger partial charge on any atom is 0.216 e. The average Bonchev–Trinajstić information content (AvgIpc) is 2.51. The fourth-order valence-corrected chi connectivity index (χ4v) is 5.62. The molecule has 1 aliphatic heterocycles. The van der Waals surface area contributed by atoms with Crippen molar-refractivity contribution in [3.63, 3.8) is 0 Å². The molecule has 0 unspecified atom stereocenters. The van der Waals surface area contributed by atoms with Crippen molar-refractivity contribution < 1.29 is 26.1 Å². The Morgan fingerprint density at radius 2 is 1.33 bits per heavy atom. The molecule has 0 saturated carbocycles. The predicted molar refractivity (Wildman–Crippen MR) is 93.2 cm³/mol. The second-order valence-corrected chi connectivity index (χ2v) is 10.4. The Morgan fingerprint density at radius 3 is 1.75 bits per heavy atom. The zero-order chi connectivity index (χ0) is 18.2. The lowest BCUT2D eigenvalue weighted by Crippen LogP contribution is -2.56. The van der Waals surface area contributed by atoms with Gasteiger partial charge in [0.1, 0.15) is 12.2 Å². The van der Waals surface area contributed by atoms with Gasteiger partial charge < -0.3 is 0 Å². The van der Waals surface area contributed by atoms with Gasteiger partial charge in [0.05, 0.1) is 38.1 Å². The van der Waals surface area contributed by atoms with Gasteiger partial charge in [-0.05, 0) is 19.3 Å². The second kappa shape index (κ2) is 10.3. The maximum absolute atomic E-state index is 12.3. The first kappa shape index (κ1) is 22.1. The van der Waals surface area contributed by atoms with E-state index in [9.17, 15) is 16.8 Å². The minimum absolute atomic E-state index is 0.0274. The third-order valence-corrected chi connectivity index (χ3v) is 7.61. The highest BCUT2D eigenvalue weighted by Crippen LogP contribution is 2.23. The quantitative estimate of drug-likeness (QED) is 0.166. The Labute approximate surface area is 149 Å². The van der Waals surface area contributed by atoms with E-state index in [0.29, 0.717) is 19.4 Å². The summed E-state index contributed by atoms with van der Waals surface area (Å²) in [5.41, 5.74) is 0. The van der Waals surface area contributed by atoms with Gasteiger partial charge in [0.25, 0.3) is 0 Å². The molecule has 1 heterocycles. The lowest BCUT2D eigenvalue weighted by Gasteiger charge is -2.39. The highest BCUT2D eigenvalue weighted by Gasteiger charge is 2.36. The van der Waals surface area contributed by atoms with Crippen molar-refractivity contribution in [1.82, 2.24) is 12.9 Å². The van der Waals surface area contributed by atoms with E-state index in [1.165, 1.54) is 4.31 Å². The summed E-state index contributed by atoms with van der Waals surface area (Å²) < 4.78 is 58.1. The van der Waals surface area contributed by atoms with Crippen LogP contribution in [0, 0.1) is 0 Å². The Morgan fingerprint density at radius 1 is 0.833 bits per heavy atom. The minimum atomic E-state index is -3.53. The van der Waals surface area contributed by atoms with Crippen molar-refractivity contribution in [1.29, 1.82) is 0 Å². The molecule has 0 bridgehead atoms. The van der Waals surface area contributed by atoms with Crippen LogP contribution in [0.15, 0.2) is 0 Å². The van der Waals surface area contributed by atoms with Crippen molar-refractivity contribution in [2.45, 2.75) is 40.0 Å². The van der Waals surface area contributed by atoms with E-state index in [2.05, 4.69) is 0 Å². The molecule has 1 fully saturated rings. The first-order chi connectivity index (χ1) is 11.3. The van der Waals surface area contributed by atoms with Crippen LogP contribution in [0.5, 0.6) is 0 Å². The van der Waals surface area contributed by atoms with E-state index >= 15 is 0 Å². The molecular weight excluding hydrogens is 378 g/mol. The zero-order valence-electron chi connectivity index (χ0n) is 14.4. The molecule has 0 aromatic heterocycles. The van der Waals surface area contributed by atoms with Crippen molar-refractivity contribution in [3.05, 3.63) is 0 Å². The van der Waals surface area contributed by atoms with Gasteiger partial charge in [-0.2, -0.15) is 12.9 Å². The van der Waals surface area contributed by atoms with E-state index in [1.807, 2.05) is 6.92 Å². The number of hydrogen-bond donors (Lipinski definition) is 0. The maximum atomic E-state index is 12.3. The standard InChI is InChI=1S/C12H27N3O6S3/c1-4-7-20-21-22-13-10-14(23(16,17)8-5-2)12-15(11-13)24(18,19)9-6-3/h4-12H2,1-3H3. The van der Waals surface area contributed by atoms with Crippen LogP contribution in [0.2, 0.25) is 0 Å². The number of sulfonamides is 2. The molecule has 0 atom stereocenters. The Hall–Kier alpha value is 0.0500. The normalized spacial score (nSPS) is 19.0. The van der Waals surface area contributed by atoms with Gasteiger partial charge in [-0.15, -0.1) is 4.33 Å². The Kier molecular flexibility index (Phi) is 9.44. The smallest absolute Gasteiger partial charge is 0.216 e. The van der Waals surface area contributed by atoms with E-state index in [1.54, 1.807) is 13.8 Å².